The minimum atomic E-state index is -2.76. The summed E-state index contributed by atoms with van der Waals surface area (Å²) in [6.45, 7) is 5.69. The first-order chi connectivity index (χ1) is 20.6. The second-order valence-electron chi connectivity index (χ2n) is 13.6. The van der Waals surface area contributed by atoms with E-state index < -0.39 is 69.8 Å². The van der Waals surface area contributed by atoms with Crippen LogP contribution in [-0.2, 0) is 31.0 Å². The lowest BCUT2D eigenvalue weighted by atomic mass is 9.52. The maximum Gasteiger partial charge on any atom is 0.235 e. The number of hydrogen-bond acceptors (Lipinski definition) is 9. The molecule has 4 N–H and O–H groups in total. The fourth-order valence-electron chi connectivity index (χ4n) is 7.72. The summed E-state index contributed by atoms with van der Waals surface area (Å²) in [4.78, 5) is 73.9. The molecular weight excluding hydrogens is 562 g/mol. The summed E-state index contributed by atoms with van der Waals surface area (Å²) in [6, 6.07) is 10.3. The lowest BCUT2D eigenvalue weighted by molar-refractivity contribution is -0.181. The Hall–Kier alpha value is -4.28. The lowest BCUT2D eigenvalue weighted by Crippen LogP contribution is -2.74. The number of rotatable bonds is 3. The number of aliphatic hydroxyl groups is 1. The number of para-hydroxylation sites is 1. The van der Waals surface area contributed by atoms with E-state index in [0.29, 0.717) is 16.7 Å². The zero-order valence-electron chi connectivity index (χ0n) is 25.2. The molecule has 2 aromatic carbocycles. The Bertz CT molecular complexity index is 1810. The maximum atomic E-state index is 14.4. The number of primary amides is 1. The van der Waals surface area contributed by atoms with Gasteiger partial charge in [0.2, 0.25) is 5.91 Å². The van der Waals surface area contributed by atoms with Crippen LogP contribution in [0.4, 0.5) is 0 Å². The molecule has 1 aromatic heterocycles. The van der Waals surface area contributed by atoms with Crippen LogP contribution in [0.25, 0.3) is 22.0 Å². The number of hydrogen-bond donors (Lipinski definition) is 3. The molecule has 0 aliphatic heterocycles. The Kier molecular flexibility index (Phi) is 6.68. The molecule has 228 valence electrons. The minimum Gasteiger partial charge on any atom is -0.507 e. The number of carbonyl (C=O) groups is 5. The molecule has 2 saturated carbocycles. The quantitative estimate of drug-likeness (QED) is 0.384. The highest BCUT2D eigenvalue weighted by Crippen LogP contribution is 2.53. The van der Waals surface area contributed by atoms with Crippen molar-refractivity contribution >= 4 is 39.9 Å². The number of nitrogens with two attached hydrogens (primary N) is 1. The van der Waals surface area contributed by atoms with E-state index in [-0.39, 0.29) is 24.2 Å². The molecule has 0 bridgehead atoms. The number of likely N-dealkylation sites (N-methyl/N-ethyl adjacent to an activating group) is 1. The van der Waals surface area contributed by atoms with Gasteiger partial charge in [0.25, 0.3) is 0 Å². The summed E-state index contributed by atoms with van der Waals surface area (Å²) in [6.07, 6.45) is 1.88. The molecule has 2 unspecified atom stereocenters. The van der Waals surface area contributed by atoms with Gasteiger partial charge in [0.1, 0.15) is 5.75 Å². The van der Waals surface area contributed by atoms with Gasteiger partial charge in [-0.1, -0.05) is 39.0 Å². The average Bonchev–Trinajstić information content (AvgIpc) is 2.94. The number of nitrogens with zero attached hydrogens (tertiary/aromatic N) is 2. The van der Waals surface area contributed by atoms with E-state index in [1.54, 1.807) is 20.3 Å². The van der Waals surface area contributed by atoms with E-state index in [0.717, 1.165) is 16.5 Å². The number of phenols is 1. The van der Waals surface area contributed by atoms with Crippen LogP contribution in [0.2, 0.25) is 0 Å². The Morgan fingerprint density at radius 1 is 1.07 bits per heavy atom. The number of amides is 1. The Morgan fingerprint density at radius 2 is 1.75 bits per heavy atom. The first-order valence-electron chi connectivity index (χ1n) is 14.7. The summed E-state index contributed by atoms with van der Waals surface area (Å²) in [5, 5.41) is 24.3. The number of pyridine rings is 1. The zero-order chi connectivity index (χ0) is 32.0. The third-order valence-corrected chi connectivity index (χ3v) is 9.77. The number of aromatic nitrogens is 1. The van der Waals surface area contributed by atoms with Crippen LogP contribution in [0.5, 0.6) is 5.75 Å². The Labute approximate surface area is 254 Å². The van der Waals surface area contributed by atoms with Gasteiger partial charge in [-0.05, 0) is 67.6 Å². The molecule has 6 rings (SSSR count). The van der Waals surface area contributed by atoms with Gasteiger partial charge < -0.3 is 15.9 Å². The SMILES string of the molecule is CN(C)[C@H]1C(=O)C(C(N)=O)C(=O)[C@]2(O)C(=O)C3C(=O)c4c(O)c(C(C)(C)C)cc(-c5cnc6ccccc6c5)c4C[C@@H]3C[C@H]12. The van der Waals surface area contributed by atoms with Crippen LogP contribution in [0.1, 0.15) is 48.7 Å². The van der Waals surface area contributed by atoms with Crippen molar-refractivity contribution in [3.05, 3.63) is 59.3 Å². The van der Waals surface area contributed by atoms with Crippen molar-refractivity contribution in [2.24, 2.45) is 29.4 Å². The highest BCUT2D eigenvalue weighted by atomic mass is 16.3. The second-order valence-corrected chi connectivity index (χ2v) is 13.6. The zero-order valence-corrected chi connectivity index (χ0v) is 25.2. The number of carbonyl (C=O) groups excluding carboxylic acids is 5. The molecular formula is C34H35N3O7. The van der Waals surface area contributed by atoms with Crippen LogP contribution < -0.4 is 5.73 Å². The van der Waals surface area contributed by atoms with E-state index in [9.17, 15) is 34.2 Å². The molecule has 3 aliphatic rings. The second kappa shape index (κ2) is 9.87. The largest absolute Gasteiger partial charge is 0.507 e. The Morgan fingerprint density at radius 3 is 2.39 bits per heavy atom. The average molecular weight is 598 g/mol. The molecule has 0 spiro atoms. The third kappa shape index (κ3) is 4.07. The monoisotopic (exact) mass is 597 g/mol. The first-order valence-corrected chi connectivity index (χ1v) is 14.7. The van der Waals surface area contributed by atoms with Crippen molar-refractivity contribution in [2.75, 3.05) is 14.1 Å². The number of ketones is 4. The molecule has 0 saturated heterocycles. The van der Waals surface area contributed by atoms with Crippen molar-refractivity contribution < 1.29 is 34.2 Å². The number of benzene rings is 2. The third-order valence-electron chi connectivity index (χ3n) is 9.77. The number of fused-ring (bicyclic) bond motifs is 4. The fraction of sp³-hybridized carbons (Fsp3) is 0.412. The molecule has 6 atom stereocenters. The van der Waals surface area contributed by atoms with E-state index in [2.05, 4.69) is 4.98 Å². The summed E-state index contributed by atoms with van der Waals surface area (Å²) < 4.78 is 0. The lowest BCUT2D eigenvalue weighted by Gasteiger charge is -2.52. The van der Waals surface area contributed by atoms with Crippen LogP contribution in [-0.4, -0.2) is 74.9 Å². The molecule has 1 heterocycles. The molecule has 2 fully saturated rings. The fourth-order valence-corrected chi connectivity index (χ4v) is 7.72. The summed E-state index contributed by atoms with van der Waals surface area (Å²) in [7, 11) is 3.12. The molecule has 0 radical (unpaired) electrons. The first kappa shape index (κ1) is 29.8. The highest BCUT2D eigenvalue weighted by molar-refractivity contribution is 6.32. The molecule has 3 aliphatic carbocycles. The molecule has 10 heteroatoms. The number of phenolic OH excluding ortho intramolecular Hbond substituents is 1. The van der Waals surface area contributed by atoms with E-state index in [1.807, 2.05) is 57.2 Å². The van der Waals surface area contributed by atoms with Gasteiger partial charge in [0.05, 0.1) is 23.0 Å². The van der Waals surface area contributed by atoms with Crippen LogP contribution in [0.15, 0.2) is 42.6 Å². The van der Waals surface area contributed by atoms with Crippen molar-refractivity contribution in [3.63, 3.8) is 0 Å². The molecule has 3 aromatic rings. The molecule has 10 nitrogen and oxygen atoms in total. The summed E-state index contributed by atoms with van der Waals surface area (Å²) in [5.41, 5.74) is 5.29. The Balaban J connectivity index is 1.56. The maximum absolute atomic E-state index is 14.4. The van der Waals surface area contributed by atoms with Crippen molar-refractivity contribution in [2.45, 2.75) is 50.7 Å². The predicted octanol–water partition coefficient (Wildman–Crippen LogP) is 2.38. The van der Waals surface area contributed by atoms with Crippen LogP contribution >= 0.6 is 0 Å². The van der Waals surface area contributed by atoms with Crippen molar-refractivity contribution in [3.8, 4) is 16.9 Å². The van der Waals surface area contributed by atoms with E-state index in [4.69, 9.17) is 5.73 Å². The number of aromatic hydroxyl groups is 1. The smallest absolute Gasteiger partial charge is 0.235 e. The van der Waals surface area contributed by atoms with E-state index >= 15 is 0 Å². The van der Waals surface area contributed by atoms with Crippen molar-refractivity contribution in [1.29, 1.82) is 0 Å². The van der Waals surface area contributed by atoms with E-state index in [1.165, 1.54) is 4.90 Å². The van der Waals surface area contributed by atoms with Gasteiger partial charge in [0.15, 0.2) is 34.7 Å². The van der Waals surface area contributed by atoms with Gasteiger partial charge >= 0.3 is 0 Å². The van der Waals surface area contributed by atoms with Gasteiger partial charge in [0, 0.05) is 28.6 Å². The van der Waals surface area contributed by atoms with Gasteiger partial charge in [-0.15, -0.1) is 0 Å². The van der Waals surface area contributed by atoms with Crippen molar-refractivity contribution in [1.82, 2.24) is 9.88 Å². The highest BCUT2D eigenvalue weighted by Gasteiger charge is 2.69. The summed E-state index contributed by atoms with van der Waals surface area (Å²) >= 11 is 0. The summed E-state index contributed by atoms with van der Waals surface area (Å²) in [5.74, 6) is -10.6. The van der Waals surface area contributed by atoms with Gasteiger partial charge in [-0.3, -0.25) is 33.9 Å². The normalized spacial score (nSPS) is 28.6. The standard InChI is InChI=1S/C34H35N3O7/c1-33(2,3)21-13-18(17-10-15-8-6-7-9-22(15)36-14-17)19-11-16-12-20-26(37(4)5)29(40)25(32(35)43)31(42)34(20,44)30(41)23(16)28(39)24(19)27(21)38/h6-10,13-14,16,20,23,25-26,38,44H,11-12H2,1-5H3,(H2,35,43)/t16-,20-,23?,25?,26-,34-/m1/s1. The van der Waals surface area contributed by atoms with Crippen LogP contribution in [0.3, 0.4) is 0 Å². The van der Waals surface area contributed by atoms with Gasteiger partial charge in [-0.25, -0.2) is 0 Å². The number of Topliss-reactive ketones (excluding diaryl/α,β-unsaturated/α-hetero) is 4. The van der Waals surface area contributed by atoms with Crippen LogP contribution in [0, 0.1) is 23.7 Å². The molecule has 1 amide bonds. The predicted molar refractivity (Wildman–Crippen MR) is 161 cm³/mol. The van der Waals surface area contributed by atoms with Gasteiger partial charge in [-0.2, -0.15) is 0 Å². The minimum absolute atomic E-state index is 0.0128. The molecule has 44 heavy (non-hydrogen) atoms. The topological polar surface area (TPSA) is 168 Å².